The number of aryl methyl sites for hydroxylation is 2. The van der Waals surface area contributed by atoms with Crippen LogP contribution in [0.2, 0.25) is 0 Å². The predicted octanol–water partition coefficient (Wildman–Crippen LogP) is 4.68. The summed E-state index contributed by atoms with van der Waals surface area (Å²) in [6.45, 7) is 9.63. The van der Waals surface area contributed by atoms with Crippen LogP contribution in [0.3, 0.4) is 0 Å². The summed E-state index contributed by atoms with van der Waals surface area (Å²) in [6.07, 6.45) is 1.53. The van der Waals surface area contributed by atoms with Gasteiger partial charge in [-0.3, -0.25) is 14.7 Å². The average Bonchev–Trinajstić information content (AvgIpc) is 3.43. The molecule has 0 spiro atoms. The smallest absolute Gasteiger partial charge is 0.277 e. The van der Waals surface area contributed by atoms with Crippen LogP contribution < -0.4 is 10.6 Å². The molecule has 0 aliphatic heterocycles. The highest BCUT2D eigenvalue weighted by atomic mass is 19.1. The lowest BCUT2D eigenvalue weighted by Gasteiger charge is -2.17. The second kappa shape index (κ2) is 9.13. The van der Waals surface area contributed by atoms with Crippen molar-refractivity contribution in [3.05, 3.63) is 77.1 Å². The van der Waals surface area contributed by atoms with Crippen LogP contribution in [0, 0.1) is 19.7 Å². The third kappa shape index (κ3) is 5.11. The van der Waals surface area contributed by atoms with E-state index in [0.29, 0.717) is 5.56 Å². The molecule has 3 N–H and O–H groups in total. The van der Waals surface area contributed by atoms with E-state index in [1.807, 2.05) is 46.8 Å². The summed E-state index contributed by atoms with van der Waals surface area (Å²) in [7, 11) is 0. The summed E-state index contributed by atoms with van der Waals surface area (Å²) >= 11 is 0. The Morgan fingerprint density at radius 1 is 1.00 bits per heavy atom. The fraction of sp³-hybridized carbons (Fsp3) is 0.240. The Morgan fingerprint density at radius 2 is 1.71 bits per heavy atom. The fourth-order valence-corrected chi connectivity index (χ4v) is 3.54. The molecule has 0 atom stereocenters. The maximum absolute atomic E-state index is 14.7. The number of carbonyl (C=O) groups is 2. The van der Waals surface area contributed by atoms with Crippen LogP contribution in [0.25, 0.3) is 11.1 Å². The molecule has 2 aromatic carbocycles. The van der Waals surface area contributed by atoms with Crippen LogP contribution in [-0.4, -0.2) is 37.0 Å². The SMILES string of the molecule is Cc1n[nH]c(C)c1-c1ccc(C(=O)Nc2ccc(NC(=O)c3cn(C(C)(C)C)nn3)cc2F)cc1. The maximum Gasteiger partial charge on any atom is 0.277 e. The highest BCUT2D eigenvalue weighted by Crippen LogP contribution is 2.26. The zero-order valence-corrected chi connectivity index (χ0v) is 20.1. The number of halogens is 1. The predicted molar refractivity (Wildman–Crippen MR) is 131 cm³/mol. The first-order valence-corrected chi connectivity index (χ1v) is 11.0. The molecule has 4 rings (SSSR count). The number of hydrogen-bond donors (Lipinski definition) is 3. The number of nitrogens with one attached hydrogen (secondary N) is 3. The minimum atomic E-state index is -0.684. The molecule has 0 aliphatic rings. The van der Waals surface area contributed by atoms with Crippen LogP contribution in [0.1, 0.15) is 53.0 Å². The molecule has 2 aromatic heterocycles. The lowest BCUT2D eigenvalue weighted by Crippen LogP contribution is -2.22. The summed E-state index contributed by atoms with van der Waals surface area (Å²) in [5.41, 5.74) is 4.12. The van der Waals surface area contributed by atoms with Gasteiger partial charge in [0.1, 0.15) is 5.82 Å². The zero-order chi connectivity index (χ0) is 25.3. The minimum absolute atomic E-state index is 0.00252. The molecule has 10 heteroatoms. The molecule has 35 heavy (non-hydrogen) atoms. The average molecular weight is 476 g/mol. The zero-order valence-electron chi connectivity index (χ0n) is 20.1. The Labute approximate surface area is 201 Å². The van der Waals surface area contributed by atoms with E-state index in [9.17, 15) is 14.0 Å². The Hall–Kier alpha value is -4.34. The van der Waals surface area contributed by atoms with Gasteiger partial charge in [-0.2, -0.15) is 5.10 Å². The molecule has 0 radical (unpaired) electrons. The Bertz CT molecular complexity index is 1380. The number of benzene rings is 2. The fourth-order valence-electron chi connectivity index (χ4n) is 3.54. The lowest BCUT2D eigenvalue weighted by molar-refractivity contribution is 0.101. The van der Waals surface area contributed by atoms with Crippen LogP contribution in [0.15, 0.2) is 48.7 Å². The summed E-state index contributed by atoms with van der Waals surface area (Å²) < 4.78 is 16.2. The van der Waals surface area contributed by atoms with E-state index in [-0.39, 0.29) is 22.6 Å². The molecule has 0 aliphatic carbocycles. The summed E-state index contributed by atoms with van der Waals surface area (Å²) in [6, 6.07) is 11.0. The third-order valence-electron chi connectivity index (χ3n) is 5.45. The van der Waals surface area contributed by atoms with Crippen molar-refractivity contribution < 1.29 is 14.0 Å². The Balaban J connectivity index is 1.43. The molecular formula is C25H26FN7O2. The normalized spacial score (nSPS) is 11.4. The monoisotopic (exact) mass is 475 g/mol. The lowest BCUT2D eigenvalue weighted by atomic mass is 10.0. The van der Waals surface area contributed by atoms with Gasteiger partial charge < -0.3 is 10.6 Å². The van der Waals surface area contributed by atoms with Crippen molar-refractivity contribution in [1.29, 1.82) is 0 Å². The number of anilines is 2. The molecule has 0 saturated heterocycles. The van der Waals surface area contributed by atoms with Crippen LogP contribution in [0.5, 0.6) is 0 Å². The van der Waals surface area contributed by atoms with Crippen molar-refractivity contribution in [3.8, 4) is 11.1 Å². The standard InChI is InChI=1S/C25H26FN7O2/c1-14-22(15(2)30-29-14)16-6-8-17(9-7-16)23(34)28-20-11-10-18(12-19(20)26)27-24(35)21-13-33(32-31-21)25(3,4)5/h6-13H,1-5H3,(H,27,35)(H,28,34)(H,29,30). The molecule has 180 valence electrons. The number of aromatic nitrogens is 5. The van der Waals surface area contributed by atoms with Gasteiger partial charge >= 0.3 is 0 Å². The largest absolute Gasteiger partial charge is 0.320 e. The van der Waals surface area contributed by atoms with Crippen LogP contribution in [-0.2, 0) is 5.54 Å². The quantitative estimate of drug-likeness (QED) is 0.387. The van der Waals surface area contributed by atoms with E-state index in [1.54, 1.807) is 16.8 Å². The van der Waals surface area contributed by atoms with Gasteiger partial charge in [0.05, 0.1) is 23.1 Å². The summed E-state index contributed by atoms with van der Waals surface area (Å²) in [5, 5.41) is 20.1. The van der Waals surface area contributed by atoms with Crippen molar-refractivity contribution in [2.24, 2.45) is 0 Å². The van der Waals surface area contributed by atoms with Gasteiger partial charge in [-0.25, -0.2) is 9.07 Å². The molecular weight excluding hydrogens is 449 g/mol. The summed E-state index contributed by atoms with van der Waals surface area (Å²) in [4.78, 5) is 25.1. The molecule has 0 bridgehead atoms. The van der Waals surface area contributed by atoms with Crippen molar-refractivity contribution in [1.82, 2.24) is 25.2 Å². The number of aromatic amines is 1. The number of amides is 2. The van der Waals surface area contributed by atoms with Gasteiger partial charge in [0.2, 0.25) is 0 Å². The second-order valence-electron chi connectivity index (χ2n) is 9.21. The minimum Gasteiger partial charge on any atom is -0.320 e. The van der Waals surface area contributed by atoms with Crippen molar-refractivity contribution in [3.63, 3.8) is 0 Å². The van der Waals surface area contributed by atoms with Crippen LogP contribution >= 0.6 is 0 Å². The van der Waals surface area contributed by atoms with Gasteiger partial charge in [-0.1, -0.05) is 17.3 Å². The van der Waals surface area contributed by atoms with E-state index in [0.717, 1.165) is 28.6 Å². The molecule has 2 heterocycles. The number of hydrogen-bond acceptors (Lipinski definition) is 5. The number of rotatable bonds is 5. The highest BCUT2D eigenvalue weighted by Gasteiger charge is 2.19. The molecule has 4 aromatic rings. The Morgan fingerprint density at radius 3 is 2.29 bits per heavy atom. The molecule has 0 fully saturated rings. The molecule has 0 saturated carbocycles. The van der Waals surface area contributed by atoms with E-state index in [2.05, 4.69) is 31.1 Å². The van der Waals surface area contributed by atoms with E-state index in [1.165, 1.54) is 18.3 Å². The first-order valence-electron chi connectivity index (χ1n) is 11.0. The summed E-state index contributed by atoms with van der Waals surface area (Å²) in [5.74, 6) is -1.65. The number of carbonyl (C=O) groups excluding carboxylic acids is 2. The number of H-pyrrole nitrogens is 1. The third-order valence-corrected chi connectivity index (χ3v) is 5.45. The van der Waals surface area contributed by atoms with E-state index >= 15 is 0 Å². The van der Waals surface area contributed by atoms with Gasteiger partial charge in [0.25, 0.3) is 11.8 Å². The van der Waals surface area contributed by atoms with Gasteiger partial charge in [-0.05, 0) is 70.5 Å². The van der Waals surface area contributed by atoms with E-state index in [4.69, 9.17) is 0 Å². The topological polar surface area (TPSA) is 118 Å². The molecule has 2 amide bonds. The van der Waals surface area contributed by atoms with Crippen molar-refractivity contribution in [2.45, 2.75) is 40.2 Å². The molecule has 9 nitrogen and oxygen atoms in total. The number of nitrogens with zero attached hydrogens (tertiary/aromatic N) is 4. The van der Waals surface area contributed by atoms with E-state index < -0.39 is 17.6 Å². The van der Waals surface area contributed by atoms with Crippen molar-refractivity contribution in [2.75, 3.05) is 10.6 Å². The first kappa shape index (κ1) is 23.8. The van der Waals surface area contributed by atoms with Crippen LogP contribution in [0.4, 0.5) is 15.8 Å². The maximum atomic E-state index is 14.7. The Kier molecular flexibility index (Phi) is 6.21. The van der Waals surface area contributed by atoms with Crippen molar-refractivity contribution >= 4 is 23.2 Å². The van der Waals surface area contributed by atoms with Gasteiger partial charge in [0, 0.05) is 22.5 Å². The second-order valence-corrected chi connectivity index (χ2v) is 9.21. The highest BCUT2D eigenvalue weighted by molar-refractivity contribution is 6.05. The van der Waals surface area contributed by atoms with Gasteiger partial charge in [-0.15, -0.1) is 5.10 Å². The molecule has 0 unspecified atom stereocenters. The van der Waals surface area contributed by atoms with Gasteiger partial charge in [0.15, 0.2) is 5.69 Å². The first-order chi connectivity index (χ1) is 16.5.